The summed E-state index contributed by atoms with van der Waals surface area (Å²) in [5.74, 6) is 0.432. The SMILES string of the molecule is CC(=O)SCCC=Cc1ccccc1C(=O)OC(C)(C)C. The molecule has 1 aromatic carbocycles. The maximum atomic E-state index is 12.2. The normalized spacial score (nSPS) is 11.6. The maximum Gasteiger partial charge on any atom is 0.339 e. The van der Waals surface area contributed by atoms with E-state index in [9.17, 15) is 9.59 Å². The first-order valence-corrected chi connectivity index (χ1v) is 7.90. The van der Waals surface area contributed by atoms with Gasteiger partial charge >= 0.3 is 5.97 Å². The predicted molar refractivity (Wildman–Crippen MR) is 88.4 cm³/mol. The highest BCUT2D eigenvalue weighted by molar-refractivity contribution is 8.13. The molecule has 0 atom stereocenters. The highest BCUT2D eigenvalue weighted by Crippen LogP contribution is 2.17. The van der Waals surface area contributed by atoms with E-state index < -0.39 is 5.60 Å². The molecule has 0 saturated heterocycles. The van der Waals surface area contributed by atoms with Crippen LogP contribution in [0.2, 0.25) is 0 Å². The lowest BCUT2D eigenvalue weighted by Crippen LogP contribution is -2.24. The fourth-order valence-corrected chi connectivity index (χ4v) is 2.18. The zero-order chi connectivity index (χ0) is 15.9. The fraction of sp³-hybridized carbons (Fsp3) is 0.412. The van der Waals surface area contributed by atoms with Gasteiger partial charge in [0.15, 0.2) is 5.12 Å². The quantitative estimate of drug-likeness (QED) is 0.600. The number of benzene rings is 1. The first-order chi connectivity index (χ1) is 9.79. The molecule has 3 nitrogen and oxygen atoms in total. The van der Waals surface area contributed by atoms with Crippen molar-refractivity contribution >= 4 is 28.9 Å². The summed E-state index contributed by atoms with van der Waals surface area (Å²) in [5.41, 5.74) is 0.883. The van der Waals surface area contributed by atoms with Gasteiger partial charge in [-0.3, -0.25) is 4.79 Å². The molecular weight excluding hydrogens is 284 g/mol. The van der Waals surface area contributed by atoms with Crippen molar-refractivity contribution in [3.63, 3.8) is 0 Å². The van der Waals surface area contributed by atoms with Crippen LogP contribution in [0, 0.1) is 0 Å². The molecule has 1 rings (SSSR count). The number of carbonyl (C=O) groups excluding carboxylic acids is 2. The second kappa shape index (κ2) is 8.03. The van der Waals surface area contributed by atoms with Gasteiger partial charge < -0.3 is 4.74 Å². The van der Waals surface area contributed by atoms with Gasteiger partial charge in [0, 0.05) is 12.7 Å². The summed E-state index contributed by atoms with van der Waals surface area (Å²) in [6.45, 7) is 7.11. The number of hydrogen-bond donors (Lipinski definition) is 0. The van der Waals surface area contributed by atoms with Gasteiger partial charge in [-0.05, 0) is 38.8 Å². The average Bonchev–Trinajstić information content (AvgIpc) is 2.36. The standard InChI is InChI=1S/C17H22O3S/c1-13(18)21-12-8-7-10-14-9-5-6-11-15(14)16(19)20-17(2,3)4/h5-7,9-11H,8,12H2,1-4H3. The summed E-state index contributed by atoms with van der Waals surface area (Å²) in [4.78, 5) is 23.0. The molecule has 0 heterocycles. The average molecular weight is 306 g/mol. The molecule has 114 valence electrons. The molecule has 0 amide bonds. The Bertz CT molecular complexity index is 527. The van der Waals surface area contributed by atoms with Crippen LogP contribution in [-0.4, -0.2) is 22.4 Å². The molecule has 0 bridgehead atoms. The molecule has 0 radical (unpaired) electrons. The molecule has 1 aromatic rings. The monoisotopic (exact) mass is 306 g/mol. The van der Waals surface area contributed by atoms with E-state index in [1.165, 1.54) is 11.8 Å². The van der Waals surface area contributed by atoms with Crippen molar-refractivity contribution in [2.24, 2.45) is 0 Å². The molecule has 0 aromatic heterocycles. The second-order valence-electron chi connectivity index (χ2n) is 5.62. The second-order valence-corrected chi connectivity index (χ2v) is 6.89. The molecule has 0 aliphatic carbocycles. The van der Waals surface area contributed by atoms with Crippen LogP contribution < -0.4 is 0 Å². The largest absolute Gasteiger partial charge is 0.456 e. The first-order valence-electron chi connectivity index (χ1n) is 6.92. The Labute approximate surface area is 130 Å². The molecule has 0 saturated carbocycles. The van der Waals surface area contributed by atoms with Gasteiger partial charge in [-0.1, -0.05) is 42.1 Å². The number of thioether (sulfide) groups is 1. The summed E-state index contributed by atoms with van der Waals surface area (Å²) >= 11 is 1.30. The molecular formula is C17H22O3S. The van der Waals surface area contributed by atoms with Gasteiger partial charge in [0.1, 0.15) is 5.60 Å². The lowest BCUT2D eigenvalue weighted by atomic mass is 10.1. The lowest BCUT2D eigenvalue weighted by molar-refractivity contribution is -0.109. The van der Waals surface area contributed by atoms with Crippen molar-refractivity contribution in [2.75, 3.05) is 5.75 Å². The summed E-state index contributed by atoms with van der Waals surface area (Å²) < 4.78 is 5.40. The minimum absolute atomic E-state index is 0.123. The Balaban J connectivity index is 2.73. The van der Waals surface area contributed by atoms with E-state index in [1.807, 2.05) is 51.1 Å². The topological polar surface area (TPSA) is 43.4 Å². The maximum absolute atomic E-state index is 12.2. The van der Waals surface area contributed by atoms with E-state index >= 15 is 0 Å². The summed E-state index contributed by atoms with van der Waals surface area (Å²) in [5, 5.41) is 0.123. The highest BCUT2D eigenvalue weighted by atomic mass is 32.2. The zero-order valence-corrected chi connectivity index (χ0v) is 13.8. The number of carbonyl (C=O) groups is 2. The van der Waals surface area contributed by atoms with Crippen molar-refractivity contribution in [3.8, 4) is 0 Å². The molecule has 4 heteroatoms. The third kappa shape index (κ3) is 7.14. The molecule has 0 aliphatic heterocycles. The van der Waals surface area contributed by atoms with Crippen molar-refractivity contribution < 1.29 is 14.3 Å². The smallest absolute Gasteiger partial charge is 0.339 e. The number of hydrogen-bond acceptors (Lipinski definition) is 4. The molecule has 0 fully saturated rings. The Morgan fingerprint density at radius 2 is 1.90 bits per heavy atom. The highest BCUT2D eigenvalue weighted by Gasteiger charge is 2.19. The fourth-order valence-electron chi connectivity index (χ4n) is 1.64. The van der Waals surface area contributed by atoms with Crippen LogP contribution in [-0.2, 0) is 9.53 Å². The van der Waals surface area contributed by atoms with Crippen molar-refractivity contribution in [2.45, 2.75) is 39.7 Å². The van der Waals surface area contributed by atoms with Gasteiger partial charge in [0.2, 0.25) is 0 Å². The van der Waals surface area contributed by atoms with Crippen molar-refractivity contribution in [3.05, 3.63) is 41.5 Å². The Hall–Kier alpha value is -1.55. The van der Waals surface area contributed by atoms with E-state index in [2.05, 4.69) is 0 Å². The van der Waals surface area contributed by atoms with E-state index in [1.54, 1.807) is 13.0 Å². The number of allylic oxidation sites excluding steroid dienone is 1. The van der Waals surface area contributed by atoms with Gasteiger partial charge in [0.25, 0.3) is 0 Å². The van der Waals surface area contributed by atoms with Crippen molar-refractivity contribution in [1.82, 2.24) is 0 Å². The predicted octanol–water partition coefficient (Wildman–Crippen LogP) is 4.32. The van der Waals surface area contributed by atoms with Gasteiger partial charge in [-0.15, -0.1) is 0 Å². The molecule has 0 spiro atoms. The Kier molecular flexibility index (Phi) is 6.69. The van der Waals surface area contributed by atoms with Crippen LogP contribution in [0.25, 0.3) is 6.08 Å². The number of esters is 1. The van der Waals surface area contributed by atoms with Crippen LogP contribution in [0.1, 0.15) is 50.0 Å². The van der Waals surface area contributed by atoms with Crippen molar-refractivity contribution in [1.29, 1.82) is 0 Å². The van der Waals surface area contributed by atoms with Crippen LogP contribution >= 0.6 is 11.8 Å². The molecule has 0 aliphatic rings. The van der Waals surface area contributed by atoms with Crippen LogP contribution in [0.15, 0.2) is 30.3 Å². The summed E-state index contributed by atoms with van der Waals surface area (Å²) in [7, 11) is 0. The van der Waals surface area contributed by atoms with Crippen LogP contribution in [0.4, 0.5) is 0 Å². The van der Waals surface area contributed by atoms with E-state index in [0.29, 0.717) is 5.56 Å². The Morgan fingerprint density at radius 1 is 1.24 bits per heavy atom. The van der Waals surface area contributed by atoms with Gasteiger partial charge in [0.05, 0.1) is 5.56 Å². The summed E-state index contributed by atoms with van der Waals surface area (Å²) in [6, 6.07) is 7.35. The zero-order valence-electron chi connectivity index (χ0n) is 13.0. The van der Waals surface area contributed by atoms with Crippen LogP contribution in [0.3, 0.4) is 0 Å². The van der Waals surface area contributed by atoms with Crippen LogP contribution in [0.5, 0.6) is 0 Å². The molecule has 0 N–H and O–H groups in total. The lowest BCUT2D eigenvalue weighted by Gasteiger charge is -2.20. The third-order valence-corrected chi connectivity index (χ3v) is 3.31. The minimum atomic E-state index is -0.508. The summed E-state index contributed by atoms with van der Waals surface area (Å²) in [6.07, 6.45) is 4.66. The minimum Gasteiger partial charge on any atom is -0.456 e. The third-order valence-electron chi connectivity index (χ3n) is 2.47. The van der Waals surface area contributed by atoms with Gasteiger partial charge in [-0.25, -0.2) is 4.79 Å². The van der Waals surface area contributed by atoms with E-state index in [-0.39, 0.29) is 11.1 Å². The van der Waals surface area contributed by atoms with E-state index in [0.717, 1.165) is 17.7 Å². The number of rotatable bonds is 5. The first kappa shape index (κ1) is 17.5. The Morgan fingerprint density at radius 3 is 2.52 bits per heavy atom. The van der Waals surface area contributed by atoms with E-state index in [4.69, 9.17) is 4.74 Å². The van der Waals surface area contributed by atoms with Gasteiger partial charge in [-0.2, -0.15) is 0 Å². The molecule has 21 heavy (non-hydrogen) atoms. The molecule has 0 unspecified atom stereocenters. The number of ether oxygens (including phenoxy) is 1.